The number of nitrogens with two attached hydrogens (primary N) is 1. The Bertz CT molecular complexity index is 848. The SMILES string of the molecule is CSCC[C@H](N)C(=O)N[C@H]1[C@@H](O)[C@H](n2cnc3c(N(C)C)ncnc32)O[C@@H]1CO. The summed E-state index contributed by atoms with van der Waals surface area (Å²) in [4.78, 5) is 27.0. The number of carbonyl (C=O) groups excluding carboxylic acids is 1. The van der Waals surface area contributed by atoms with Gasteiger partial charge < -0.3 is 30.9 Å². The van der Waals surface area contributed by atoms with E-state index in [-0.39, 0.29) is 6.61 Å². The number of carbonyl (C=O) groups is 1. The van der Waals surface area contributed by atoms with Crippen molar-refractivity contribution in [3.63, 3.8) is 0 Å². The fraction of sp³-hybridized carbons (Fsp3) is 0.647. The first-order valence-corrected chi connectivity index (χ1v) is 10.6. The highest BCUT2D eigenvalue weighted by atomic mass is 32.2. The van der Waals surface area contributed by atoms with Crippen LogP contribution in [0.4, 0.5) is 5.82 Å². The van der Waals surface area contributed by atoms with Crippen LogP contribution in [0.2, 0.25) is 0 Å². The maximum atomic E-state index is 12.4. The van der Waals surface area contributed by atoms with Crippen LogP contribution in [-0.2, 0) is 9.53 Å². The second-order valence-corrected chi connectivity index (χ2v) is 8.06. The van der Waals surface area contributed by atoms with Crippen LogP contribution in [-0.4, -0.2) is 92.6 Å². The number of rotatable bonds is 8. The second kappa shape index (κ2) is 9.22. The molecule has 1 aliphatic rings. The zero-order chi connectivity index (χ0) is 21.1. The molecule has 0 spiro atoms. The van der Waals surface area contributed by atoms with Gasteiger partial charge in [-0.15, -0.1) is 0 Å². The number of fused-ring (bicyclic) bond motifs is 1. The van der Waals surface area contributed by atoms with Crippen molar-refractivity contribution in [2.24, 2.45) is 5.73 Å². The third kappa shape index (κ3) is 4.31. The van der Waals surface area contributed by atoms with E-state index in [1.165, 1.54) is 12.7 Å². The van der Waals surface area contributed by atoms with E-state index in [0.717, 1.165) is 5.75 Å². The van der Waals surface area contributed by atoms with Crippen LogP contribution in [0, 0.1) is 0 Å². The van der Waals surface area contributed by atoms with Crippen LogP contribution in [0.5, 0.6) is 0 Å². The normalized spacial score (nSPS) is 25.3. The number of nitrogens with one attached hydrogen (secondary N) is 1. The Hall–Kier alpha value is -1.99. The van der Waals surface area contributed by atoms with Crippen LogP contribution >= 0.6 is 11.8 Å². The second-order valence-electron chi connectivity index (χ2n) is 7.08. The number of ether oxygens (including phenoxy) is 1. The van der Waals surface area contributed by atoms with Gasteiger partial charge in [-0.05, 0) is 18.4 Å². The quantitative estimate of drug-likeness (QED) is 0.402. The van der Waals surface area contributed by atoms with Gasteiger partial charge in [-0.25, -0.2) is 15.0 Å². The van der Waals surface area contributed by atoms with Crippen LogP contribution in [0.25, 0.3) is 11.2 Å². The third-order valence-electron chi connectivity index (χ3n) is 4.87. The number of thioether (sulfide) groups is 1. The molecule has 0 radical (unpaired) electrons. The minimum Gasteiger partial charge on any atom is -0.394 e. The largest absolute Gasteiger partial charge is 0.394 e. The van der Waals surface area contributed by atoms with Gasteiger partial charge in [0.2, 0.25) is 5.91 Å². The first-order chi connectivity index (χ1) is 13.9. The number of nitrogens with zero attached hydrogens (tertiary/aromatic N) is 5. The molecule has 0 unspecified atom stereocenters. The number of hydrogen-bond acceptors (Lipinski definition) is 10. The van der Waals surface area contributed by atoms with Crippen LogP contribution < -0.4 is 16.0 Å². The van der Waals surface area contributed by atoms with Crippen molar-refractivity contribution in [1.82, 2.24) is 24.8 Å². The van der Waals surface area contributed by atoms with E-state index in [4.69, 9.17) is 10.5 Å². The van der Waals surface area contributed by atoms with Crippen molar-refractivity contribution >= 4 is 34.7 Å². The summed E-state index contributed by atoms with van der Waals surface area (Å²) >= 11 is 1.60. The summed E-state index contributed by atoms with van der Waals surface area (Å²) in [6.45, 7) is -0.372. The Morgan fingerprint density at radius 1 is 1.45 bits per heavy atom. The molecule has 0 saturated carbocycles. The van der Waals surface area contributed by atoms with Gasteiger partial charge in [-0.3, -0.25) is 9.36 Å². The van der Waals surface area contributed by atoms with Gasteiger partial charge in [0.25, 0.3) is 0 Å². The van der Waals surface area contributed by atoms with Gasteiger partial charge in [-0.1, -0.05) is 0 Å². The minimum absolute atomic E-state index is 0.372. The lowest BCUT2D eigenvalue weighted by molar-refractivity contribution is -0.124. The smallest absolute Gasteiger partial charge is 0.237 e. The van der Waals surface area contributed by atoms with Gasteiger partial charge >= 0.3 is 0 Å². The van der Waals surface area contributed by atoms with Crippen molar-refractivity contribution in [2.45, 2.75) is 36.9 Å². The molecule has 2 aromatic rings. The monoisotopic (exact) mass is 425 g/mol. The molecule has 160 valence electrons. The van der Waals surface area contributed by atoms with E-state index < -0.39 is 36.4 Å². The highest BCUT2D eigenvalue weighted by Gasteiger charge is 2.46. The van der Waals surface area contributed by atoms with Crippen molar-refractivity contribution in [3.05, 3.63) is 12.7 Å². The van der Waals surface area contributed by atoms with E-state index >= 15 is 0 Å². The number of aliphatic hydroxyl groups excluding tert-OH is 2. The molecule has 12 heteroatoms. The molecule has 3 rings (SSSR count). The maximum absolute atomic E-state index is 12.4. The van der Waals surface area contributed by atoms with Gasteiger partial charge in [-0.2, -0.15) is 11.8 Å². The molecule has 5 atom stereocenters. The topological polar surface area (TPSA) is 152 Å². The lowest BCUT2D eigenvalue weighted by Gasteiger charge is -2.22. The summed E-state index contributed by atoms with van der Waals surface area (Å²) < 4.78 is 7.42. The number of anilines is 1. The van der Waals surface area contributed by atoms with E-state index in [0.29, 0.717) is 23.4 Å². The number of amides is 1. The first-order valence-electron chi connectivity index (χ1n) is 9.23. The van der Waals surface area contributed by atoms with Crippen LogP contribution in [0.15, 0.2) is 12.7 Å². The van der Waals surface area contributed by atoms with Gasteiger partial charge in [0, 0.05) is 14.1 Å². The minimum atomic E-state index is -1.13. The predicted octanol–water partition coefficient (Wildman–Crippen LogP) is -1.29. The molecule has 0 aromatic carbocycles. The van der Waals surface area contributed by atoms with Crippen molar-refractivity contribution < 1.29 is 19.7 Å². The Morgan fingerprint density at radius 2 is 2.21 bits per heavy atom. The van der Waals surface area contributed by atoms with E-state index in [9.17, 15) is 15.0 Å². The van der Waals surface area contributed by atoms with Crippen molar-refractivity contribution in [1.29, 1.82) is 0 Å². The molecule has 3 heterocycles. The van der Waals surface area contributed by atoms with Crippen molar-refractivity contribution in [3.8, 4) is 0 Å². The highest BCUT2D eigenvalue weighted by molar-refractivity contribution is 7.98. The lowest BCUT2D eigenvalue weighted by atomic mass is 10.1. The molecular weight excluding hydrogens is 398 g/mol. The molecule has 1 amide bonds. The first kappa shape index (κ1) is 21.7. The summed E-state index contributed by atoms with van der Waals surface area (Å²) in [5.41, 5.74) is 6.95. The van der Waals surface area contributed by atoms with E-state index in [2.05, 4.69) is 20.3 Å². The molecule has 1 saturated heterocycles. The third-order valence-corrected chi connectivity index (χ3v) is 5.51. The Balaban J connectivity index is 1.83. The van der Waals surface area contributed by atoms with Crippen LogP contribution in [0.3, 0.4) is 0 Å². The summed E-state index contributed by atoms with van der Waals surface area (Å²) in [6.07, 6.45) is 2.56. The molecule has 29 heavy (non-hydrogen) atoms. The lowest BCUT2D eigenvalue weighted by Crippen LogP contribution is -2.53. The Labute approximate surface area is 172 Å². The molecular formula is C17H27N7O4S. The molecule has 1 aliphatic heterocycles. The molecule has 0 bridgehead atoms. The van der Waals surface area contributed by atoms with Gasteiger partial charge in [0.05, 0.1) is 25.0 Å². The molecule has 5 N–H and O–H groups in total. The summed E-state index contributed by atoms with van der Waals surface area (Å²) in [7, 11) is 3.69. The molecule has 2 aromatic heterocycles. The zero-order valence-electron chi connectivity index (χ0n) is 16.6. The number of hydrogen-bond donors (Lipinski definition) is 4. The standard InChI is InChI=1S/C17H27N7O4S/c1-23(2)14-12-15(20-7-19-14)24(8-21-12)17-13(26)11(10(6-25)28-17)22-16(27)9(18)4-5-29-3/h7-11,13,17,25-26H,4-6,18H2,1-3H3,(H,22,27)/t9-,10+,11+,13+,17+/m0/s1. The average molecular weight is 426 g/mol. The average Bonchev–Trinajstić information content (AvgIpc) is 3.27. The Kier molecular flexibility index (Phi) is 6.90. The number of aliphatic hydroxyl groups is 2. The van der Waals surface area contributed by atoms with Crippen molar-refractivity contribution in [2.75, 3.05) is 37.6 Å². The number of imidazole rings is 1. The van der Waals surface area contributed by atoms with Gasteiger partial charge in [0.15, 0.2) is 23.2 Å². The van der Waals surface area contributed by atoms with E-state index in [1.807, 2.05) is 25.3 Å². The summed E-state index contributed by atoms with van der Waals surface area (Å²) in [6, 6.07) is -1.51. The molecule has 0 aliphatic carbocycles. The van der Waals surface area contributed by atoms with E-state index in [1.54, 1.807) is 16.3 Å². The summed E-state index contributed by atoms with van der Waals surface area (Å²) in [5, 5.41) is 23.3. The zero-order valence-corrected chi connectivity index (χ0v) is 17.4. The fourth-order valence-electron chi connectivity index (χ4n) is 3.31. The number of aromatic nitrogens is 4. The Morgan fingerprint density at radius 3 is 2.86 bits per heavy atom. The summed E-state index contributed by atoms with van der Waals surface area (Å²) in [5.74, 6) is 0.988. The highest BCUT2D eigenvalue weighted by Crippen LogP contribution is 2.32. The van der Waals surface area contributed by atoms with Crippen LogP contribution in [0.1, 0.15) is 12.6 Å². The van der Waals surface area contributed by atoms with Gasteiger partial charge in [0.1, 0.15) is 18.5 Å². The molecule has 1 fully saturated rings. The predicted molar refractivity (Wildman–Crippen MR) is 110 cm³/mol. The molecule has 11 nitrogen and oxygen atoms in total. The fourth-order valence-corrected chi connectivity index (χ4v) is 3.80. The maximum Gasteiger partial charge on any atom is 0.237 e.